The Kier molecular flexibility index (Phi) is 10.6. The minimum Gasteiger partial charge on any atom is -0.481 e. The van der Waals surface area contributed by atoms with Crippen LogP contribution in [-0.2, 0) is 19.1 Å². The van der Waals surface area contributed by atoms with E-state index < -0.39 is 49.2 Å². The molecule has 9 heteroatoms. The predicted octanol–water partition coefficient (Wildman–Crippen LogP) is 4.53. The summed E-state index contributed by atoms with van der Waals surface area (Å²) in [6, 6.07) is 0. The molecule has 1 heterocycles. The maximum atomic E-state index is 11.5. The Hall–Kier alpha value is -1.50. The molecule has 0 radical (unpaired) electrons. The Balaban J connectivity index is 3.23. The molecule has 1 aliphatic heterocycles. The molecule has 0 spiro atoms. The van der Waals surface area contributed by atoms with Gasteiger partial charge in [-0.1, -0.05) is 41.5 Å². The van der Waals surface area contributed by atoms with Crippen molar-refractivity contribution in [1.29, 1.82) is 0 Å². The Morgan fingerprint density at radius 3 is 1.74 bits per heavy atom. The van der Waals surface area contributed by atoms with Crippen molar-refractivity contribution >= 4 is 37.7 Å². The molecule has 0 aliphatic carbocycles. The number of rotatable bonds is 10. The summed E-state index contributed by atoms with van der Waals surface area (Å²) in [5.41, 5.74) is 4.31. The number of ether oxygens (including phenoxy) is 1. The summed E-state index contributed by atoms with van der Waals surface area (Å²) in [7, 11) is -1.97. The van der Waals surface area contributed by atoms with Crippen LogP contribution in [0, 0.1) is 28.5 Å². The minimum atomic E-state index is -1.97. The molecule has 0 aromatic heterocycles. The van der Waals surface area contributed by atoms with E-state index in [-0.39, 0.29) is 25.9 Å². The van der Waals surface area contributed by atoms with E-state index in [1.807, 2.05) is 0 Å². The number of carboxylic acids is 3. The fraction of sp³-hybridized carbons (Fsp3) is 0.773. The Morgan fingerprint density at radius 1 is 0.871 bits per heavy atom. The average Bonchev–Trinajstić information content (AvgIpc) is 2.60. The second-order valence-corrected chi connectivity index (χ2v) is 15.8. The first-order valence-electron chi connectivity index (χ1n) is 10.8. The molecule has 1 fully saturated rings. The van der Waals surface area contributed by atoms with Gasteiger partial charge in [0, 0.05) is 12.3 Å². The van der Waals surface area contributed by atoms with Gasteiger partial charge >= 0.3 is 17.9 Å². The number of carboxylic acid groups (broad SMARTS) is 3. The second-order valence-electron chi connectivity index (χ2n) is 9.33. The molecule has 0 saturated carbocycles. The van der Waals surface area contributed by atoms with Crippen LogP contribution in [0.4, 0.5) is 0 Å². The normalized spacial score (nSPS) is 24.2. The van der Waals surface area contributed by atoms with Crippen LogP contribution in [0.2, 0.25) is 16.6 Å². The van der Waals surface area contributed by atoms with Crippen LogP contribution in [0.15, 0.2) is 0 Å². The van der Waals surface area contributed by atoms with E-state index >= 15 is 0 Å². The van der Waals surface area contributed by atoms with Gasteiger partial charge in [-0.2, -0.15) is 0 Å². The number of aliphatic carboxylic acids is 3. The fourth-order valence-electron chi connectivity index (χ4n) is 5.15. The van der Waals surface area contributed by atoms with Gasteiger partial charge in [0.1, 0.15) is 13.5 Å². The highest BCUT2D eigenvalue weighted by atomic mass is 32.2. The maximum absolute atomic E-state index is 11.5. The Bertz CT molecular complexity index is 689. The lowest BCUT2D eigenvalue weighted by Gasteiger charge is -2.41. The van der Waals surface area contributed by atoms with Crippen molar-refractivity contribution in [2.75, 3.05) is 6.61 Å². The summed E-state index contributed by atoms with van der Waals surface area (Å²) in [5.74, 6) is -4.95. The molecule has 4 unspecified atom stereocenters. The molecular weight excluding hydrogens is 436 g/mol. The van der Waals surface area contributed by atoms with Gasteiger partial charge in [0.05, 0.1) is 19.4 Å². The molecule has 0 aromatic rings. The number of thioether (sulfide) groups is 1. The largest absolute Gasteiger partial charge is 0.481 e. The molecule has 1 saturated heterocycles. The van der Waals surface area contributed by atoms with Gasteiger partial charge in [0.15, 0.2) is 0 Å². The van der Waals surface area contributed by atoms with Gasteiger partial charge in [-0.15, -0.1) is 5.54 Å². The van der Waals surface area contributed by atoms with Gasteiger partial charge in [0.2, 0.25) is 0 Å². The number of carbonyl (C=O) groups is 3. The predicted molar refractivity (Wildman–Crippen MR) is 123 cm³/mol. The van der Waals surface area contributed by atoms with Crippen LogP contribution in [0.5, 0.6) is 0 Å². The van der Waals surface area contributed by atoms with Crippen molar-refractivity contribution in [2.45, 2.75) is 82.9 Å². The lowest BCUT2D eigenvalue weighted by molar-refractivity contribution is -0.151. The van der Waals surface area contributed by atoms with Gasteiger partial charge in [-0.25, -0.2) is 0 Å². The maximum Gasteiger partial charge on any atom is 0.303 e. The molecule has 4 atom stereocenters. The topological polar surface area (TPSA) is 121 Å². The Labute approximate surface area is 190 Å². The first-order valence-corrected chi connectivity index (χ1v) is 13.9. The van der Waals surface area contributed by atoms with Crippen LogP contribution < -0.4 is 0 Å². The quantitative estimate of drug-likeness (QED) is 0.313. The lowest BCUT2D eigenvalue weighted by atomic mass is 9.75. The zero-order chi connectivity index (χ0) is 23.9. The summed E-state index contributed by atoms with van der Waals surface area (Å²) < 4.78 is 5.87. The summed E-state index contributed by atoms with van der Waals surface area (Å²) in [4.78, 5) is 34.2. The van der Waals surface area contributed by atoms with Gasteiger partial charge < -0.3 is 20.1 Å². The highest BCUT2D eigenvalue weighted by Gasteiger charge is 2.44. The molecule has 31 heavy (non-hydrogen) atoms. The van der Waals surface area contributed by atoms with Crippen LogP contribution in [0.1, 0.15) is 60.8 Å². The van der Waals surface area contributed by atoms with Crippen molar-refractivity contribution < 1.29 is 34.4 Å². The van der Waals surface area contributed by atoms with Crippen LogP contribution in [-0.4, -0.2) is 53.3 Å². The monoisotopic (exact) mass is 472 g/mol. The van der Waals surface area contributed by atoms with Crippen molar-refractivity contribution in [2.24, 2.45) is 17.8 Å². The SMILES string of the molecule is CC(C)[Si](C#CSC1OCC(CC(=O)O)C(CC(=O)O)C1CC(=O)O)(C(C)C)C(C)C. The summed E-state index contributed by atoms with van der Waals surface area (Å²) in [6.45, 7) is 13.3. The fourth-order valence-corrected chi connectivity index (χ4v) is 11.7. The molecule has 0 amide bonds. The van der Waals surface area contributed by atoms with E-state index in [0.717, 1.165) is 0 Å². The van der Waals surface area contributed by atoms with Crippen molar-refractivity contribution in [1.82, 2.24) is 0 Å². The lowest BCUT2D eigenvalue weighted by Crippen LogP contribution is -2.44. The highest BCUT2D eigenvalue weighted by molar-refractivity contribution is 8.04. The zero-order valence-corrected chi connectivity index (χ0v) is 21.1. The second kappa shape index (κ2) is 11.9. The van der Waals surface area contributed by atoms with E-state index in [9.17, 15) is 29.7 Å². The standard InChI is InChI=1S/C22H36O7SSi/c1-13(2)31(14(3)4,15(5)6)8-7-30-22-18(11-21(27)28)17(10-20(25)26)16(12-29-22)9-19(23)24/h13-18,22H,9-12H2,1-6H3,(H,23,24)(H,25,26)(H,27,28). The van der Waals surface area contributed by atoms with E-state index in [0.29, 0.717) is 16.6 Å². The van der Waals surface area contributed by atoms with Crippen LogP contribution in [0.25, 0.3) is 0 Å². The van der Waals surface area contributed by atoms with E-state index in [4.69, 9.17) is 4.74 Å². The molecular formula is C22H36O7SSi. The summed E-state index contributed by atoms with van der Waals surface area (Å²) in [5, 5.41) is 31.2. The average molecular weight is 473 g/mol. The third-order valence-corrected chi connectivity index (χ3v) is 14.0. The van der Waals surface area contributed by atoms with E-state index in [1.54, 1.807) is 0 Å². The smallest absolute Gasteiger partial charge is 0.303 e. The van der Waals surface area contributed by atoms with E-state index in [1.165, 1.54) is 11.8 Å². The third-order valence-electron chi connectivity index (χ3n) is 6.55. The van der Waals surface area contributed by atoms with Crippen LogP contribution >= 0.6 is 11.8 Å². The third kappa shape index (κ3) is 7.26. The zero-order valence-electron chi connectivity index (χ0n) is 19.3. The number of hydrogen-bond acceptors (Lipinski definition) is 5. The molecule has 1 rings (SSSR count). The molecule has 0 bridgehead atoms. The van der Waals surface area contributed by atoms with Crippen LogP contribution in [0.3, 0.4) is 0 Å². The Morgan fingerprint density at radius 2 is 1.32 bits per heavy atom. The molecule has 3 N–H and O–H groups in total. The summed E-state index contributed by atoms with van der Waals surface area (Å²) >= 11 is 1.23. The minimum absolute atomic E-state index is 0.0842. The number of hydrogen-bond donors (Lipinski definition) is 3. The molecule has 1 aliphatic rings. The first-order chi connectivity index (χ1) is 14.3. The molecule has 176 valence electrons. The van der Waals surface area contributed by atoms with Crippen molar-refractivity contribution in [3.8, 4) is 10.8 Å². The highest BCUT2D eigenvalue weighted by Crippen LogP contribution is 2.43. The summed E-state index contributed by atoms with van der Waals surface area (Å²) in [6.07, 6.45) is -0.817. The first kappa shape index (κ1) is 27.5. The molecule has 0 aromatic carbocycles. The van der Waals surface area contributed by atoms with Crippen molar-refractivity contribution in [3.63, 3.8) is 0 Å². The molecule has 7 nitrogen and oxygen atoms in total. The van der Waals surface area contributed by atoms with Gasteiger partial charge in [0.25, 0.3) is 0 Å². The van der Waals surface area contributed by atoms with E-state index in [2.05, 4.69) is 52.3 Å². The van der Waals surface area contributed by atoms with Crippen molar-refractivity contribution in [3.05, 3.63) is 0 Å². The van der Waals surface area contributed by atoms with Gasteiger partial charge in [-0.3, -0.25) is 14.4 Å². The van der Waals surface area contributed by atoms with Gasteiger partial charge in [-0.05, 0) is 45.5 Å².